The van der Waals surface area contributed by atoms with Gasteiger partial charge in [-0.3, -0.25) is 0 Å². The molecule has 0 fully saturated rings. The summed E-state index contributed by atoms with van der Waals surface area (Å²) < 4.78 is 2.53. The first-order valence-electron chi connectivity index (χ1n) is 13.3. The van der Waals surface area contributed by atoms with Crippen LogP contribution < -0.4 is 0 Å². The van der Waals surface area contributed by atoms with Crippen LogP contribution in [0.15, 0.2) is 103 Å². The SMILES string of the molecule is CC1(C)c2ccccc2-c2c1c1c(c3c2c2ccccc2n3-c2ccccc2)C(C)(C)c2ccccc2-1. The van der Waals surface area contributed by atoms with Gasteiger partial charge < -0.3 is 4.57 Å². The van der Waals surface area contributed by atoms with Crippen molar-refractivity contribution >= 4 is 21.8 Å². The summed E-state index contributed by atoms with van der Waals surface area (Å²) in [4.78, 5) is 0. The van der Waals surface area contributed by atoms with Gasteiger partial charge in [-0.2, -0.15) is 0 Å². The van der Waals surface area contributed by atoms with Gasteiger partial charge in [0.25, 0.3) is 0 Å². The molecule has 5 aromatic carbocycles. The minimum atomic E-state index is -0.120. The molecule has 1 heteroatoms. The molecule has 0 N–H and O–H groups in total. The lowest BCUT2D eigenvalue weighted by molar-refractivity contribution is 0.650. The third-order valence-electron chi connectivity index (χ3n) is 9.12. The van der Waals surface area contributed by atoms with Gasteiger partial charge in [0, 0.05) is 27.3 Å². The molecular formula is C36H29N. The summed E-state index contributed by atoms with van der Waals surface area (Å²) in [6.07, 6.45) is 0. The number of aromatic nitrogens is 1. The van der Waals surface area contributed by atoms with Crippen LogP contribution in [-0.2, 0) is 10.8 Å². The van der Waals surface area contributed by atoms with Crippen molar-refractivity contribution in [1.29, 1.82) is 0 Å². The van der Waals surface area contributed by atoms with Crippen molar-refractivity contribution < 1.29 is 0 Å². The summed E-state index contributed by atoms with van der Waals surface area (Å²) in [6, 6.07) is 38.1. The first-order chi connectivity index (χ1) is 17.9. The molecule has 8 rings (SSSR count). The second-order valence-electron chi connectivity index (χ2n) is 11.8. The summed E-state index contributed by atoms with van der Waals surface area (Å²) in [5.41, 5.74) is 15.1. The van der Waals surface area contributed by atoms with E-state index in [1.54, 1.807) is 0 Å². The Morgan fingerprint density at radius 2 is 1.05 bits per heavy atom. The highest BCUT2D eigenvalue weighted by Crippen LogP contribution is 2.63. The maximum absolute atomic E-state index is 2.53. The number of hydrogen-bond acceptors (Lipinski definition) is 0. The molecule has 1 nitrogen and oxygen atoms in total. The minimum Gasteiger partial charge on any atom is -0.309 e. The van der Waals surface area contributed by atoms with Crippen molar-refractivity contribution in [2.24, 2.45) is 0 Å². The molecule has 0 spiro atoms. The zero-order valence-electron chi connectivity index (χ0n) is 21.8. The zero-order valence-corrected chi connectivity index (χ0v) is 21.8. The molecule has 2 aliphatic carbocycles. The highest BCUT2D eigenvalue weighted by atomic mass is 15.0. The van der Waals surface area contributed by atoms with E-state index in [9.17, 15) is 0 Å². The number of benzene rings is 5. The Kier molecular flexibility index (Phi) is 3.87. The molecule has 0 unspecified atom stereocenters. The Bertz CT molecular complexity index is 1910. The van der Waals surface area contributed by atoms with E-state index in [2.05, 4.69) is 135 Å². The molecule has 0 bridgehead atoms. The van der Waals surface area contributed by atoms with Crippen LogP contribution in [0.4, 0.5) is 0 Å². The Morgan fingerprint density at radius 3 is 1.76 bits per heavy atom. The Hall–Kier alpha value is -4.10. The van der Waals surface area contributed by atoms with Crippen molar-refractivity contribution in [2.45, 2.75) is 38.5 Å². The van der Waals surface area contributed by atoms with E-state index in [0.29, 0.717) is 0 Å². The van der Waals surface area contributed by atoms with Gasteiger partial charge >= 0.3 is 0 Å². The number of fused-ring (bicyclic) bond motifs is 12. The smallest absolute Gasteiger partial charge is 0.0594 e. The van der Waals surface area contributed by atoms with Crippen LogP contribution in [0.25, 0.3) is 49.7 Å². The molecule has 178 valence electrons. The van der Waals surface area contributed by atoms with E-state index in [1.165, 1.54) is 72.0 Å². The topological polar surface area (TPSA) is 4.93 Å². The van der Waals surface area contributed by atoms with E-state index < -0.39 is 0 Å². The van der Waals surface area contributed by atoms with Crippen LogP contribution >= 0.6 is 0 Å². The third-order valence-corrected chi connectivity index (χ3v) is 9.12. The maximum Gasteiger partial charge on any atom is 0.0594 e. The van der Waals surface area contributed by atoms with Crippen LogP contribution in [0, 0.1) is 0 Å². The van der Waals surface area contributed by atoms with Crippen LogP contribution in [0.1, 0.15) is 49.9 Å². The molecule has 0 saturated carbocycles. The maximum atomic E-state index is 2.53. The summed E-state index contributed by atoms with van der Waals surface area (Å²) >= 11 is 0. The van der Waals surface area contributed by atoms with Gasteiger partial charge in [0.05, 0.1) is 11.0 Å². The first kappa shape index (κ1) is 21.0. The largest absolute Gasteiger partial charge is 0.309 e. The predicted molar refractivity (Wildman–Crippen MR) is 156 cm³/mol. The van der Waals surface area contributed by atoms with Gasteiger partial charge in [0.2, 0.25) is 0 Å². The second-order valence-corrected chi connectivity index (χ2v) is 11.8. The number of rotatable bonds is 1. The van der Waals surface area contributed by atoms with Gasteiger partial charge in [0.1, 0.15) is 0 Å². The Labute approximate surface area is 218 Å². The van der Waals surface area contributed by atoms with Gasteiger partial charge in [-0.05, 0) is 62.7 Å². The molecule has 6 aromatic rings. The molecule has 2 aliphatic rings. The van der Waals surface area contributed by atoms with Gasteiger partial charge in [-0.25, -0.2) is 0 Å². The minimum absolute atomic E-state index is 0.0896. The summed E-state index contributed by atoms with van der Waals surface area (Å²) in [6.45, 7) is 9.69. The average molecular weight is 476 g/mol. The molecule has 0 radical (unpaired) electrons. The third kappa shape index (κ3) is 2.40. The first-order valence-corrected chi connectivity index (χ1v) is 13.3. The number of nitrogens with zero attached hydrogens (tertiary/aromatic N) is 1. The lowest BCUT2D eigenvalue weighted by Gasteiger charge is -2.28. The van der Waals surface area contributed by atoms with Crippen molar-refractivity contribution in [3.63, 3.8) is 0 Å². The van der Waals surface area contributed by atoms with Crippen LogP contribution in [0.2, 0.25) is 0 Å². The fourth-order valence-electron chi connectivity index (χ4n) is 7.60. The summed E-state index contributed by atoms with van der Waals surface area (Å²) in [5, 5.41) is 2.73. The fourth-order valence-corrected chi connectivity index (χ4v) is 7.60. The second kappa shape index (κ2) is 6.81. The highest BCUT2D eigenvalue weighted by molar-refractivity contribution is 6.22. The van der Waals surface area contributed by atoms with Crippen LogP contribution in [0.3, 0.4) is 0 Å². The number of para-hydroxylation sites is 2. The van der Waals surface area contributed by atoms with Crippen molar-refractivity contribution in [2.75, 3.05) is 0 Å². The number of hydrogen-bond donors (Lipinski definition) is 0. The fraction of sp³-hybridized carbons (Fsp3) is 0.167. The van der Waals surface area contributed by atoms with Gasteiger partial charge in [0.15, 0.2) is 0 Å². The van der Waals surface area contributed by atoms with Crippen molar-refractivity contribution in [3.05, 3.63) is 125 Å². The summed E-state index contributed by atoms with van der Waals surface area (Å²) in [7, 11) is 0. The highest BCUT2D eigenvalue weighted by Gasteiger charge is 2.47. The molecule has 1 heterocycles. The lowest BCUT2D eigenvalue weighted by Crippen LogP contribution is -2.19. The monoisotopic (exact) mass is 475 g/mol. The molecule has 1 aromatic heterocycles. The van der Waals surface area contributed by atoms with E-state index in [-0.39, 0.29) is 10.8 Å². The normalized spacial score (nSPS) is 16.0. The standard InChI is InChI=1S/C36H29N/c1-35(2)26-19-11-8-16-23(26)29-30-25-18-10-13-21-28(25)37(22-14-6-5-7-15-22)34(30)33-31(32(29)35)24-17-9-12-20-27(24)36(33,3)4/h5-21H,1-4H3. The molecule has 0 atom stereocenters. The molecule has 0 aliphatic heterocycles. The average Bonchev–Trinajstić information content (AvgIpc) is 3.46. The molecular weight excluding hydrogens is 446 g/mol. The molecule has 37 heavy (non-hydrogen) atoms. The van der Waals surface area contributed by atoms with Crippen molar-refractivity contribution in [1.82, 2.24) is 4.57 Å². The van der Waals surface area contributed by atoms with Gasteiger partial charge in [-0.1, -0.05) is 113 Å². The van der Waals surface area contributed by atoms with E-state index >= 15 is 0 Å². The quantitative estimate of drug-likeness (QED) is 0.223. The molecule has 0 amide bonds. The Balaban J connectivity index is 1.73. The summed E-state index contributed by atoms with van der Waals surface area (Å²) in [5.74, 6) is 0. The van der Waals surface area contributed by atoms with Gasteiger partial charge in [-0.15, -0.1) is 0 Å². The Morgan fingerprint density at radius 1 is 0.514 bits per heavy atom. The van der Waals surface area contributed by atoms with Crippen molar-refractivity contribution in [3.8, 4) is 27.9 Å². The predicted octanol–water partition coefficient (Wildman–Crippen LogP) is 9.40. The lowest BCUT2D eigenvalue weighted by atomic mass is 9.76. The zero-order chi connectivity index (χ0) is 25.1. The van der Waals surface area contributed by atoms with Crippen LogP contribution in [0.5, 0.6) is 0 Å². The van der Waals surface area contributed by atoms with Crippen LogP contribution in [-0.4, -0.2) is 4.57 Å². The van der Waals surface area contributed by atoms with E-state index in [1.807, 2.05) is 0 Å². The molecule has 0 saturated heterocycles. The van der Waals surface area contributed by atoms with E-state index in [0.717, 1.165) is 0 Å². The van der Waals surface area contributed by atoms with E-state index in [4.69, 9.17) is 0 Å².